The second kappa shape index (κ2) is 15.3. The Labute approximate surface area is 259 Å². The highest BCUT2D eigenvalue weighted by molar-refractivity contribution is 8.93. The van der Waals surface area contributed by atoms with E-state index < -0.39 is 62.8 Å². The number of sulfone groups is 1. The van der Waals surface area contributed by atoms with Crippen LogP contribution in [0.15, 0.2) is 42.0 Å². The highest BCUT2D eigenvalue weighted by atomic mass is 79.9. The Kier molecular flexibility index (Phi) is 13.3. The summed E-state index contributed by atoms with van der Waals surface area (Å²) in [6.45, 7) is 6.06. The molecule has 3 rings (SSSR count). The van der Waals surface area contributed by atoms with Crippen LogP contribution in [0.25, 0.3) is 0 Å². The van der Waals surface area contributed by atoms with Crippen LogP contribution in [0.4, 0.5) is 4.79 Å². The van der Waals surface area contributed by atoms with Gasteiger partial charge in [0.25, 0.3) is 0 Å². The molecular weight excluding hydrogens is 638 g/mol. The number of hydrogen-bond acceptors (Lipinski definition) is 8. The Morgan fingerprint density at radius 2 is 1.90 bits per heavy atom. The number of epoxide rings is 1. The number of imide groups is 1. The van der Waals surface area contributed by atoms with Crippen molar-refractivity contribution in [2.24, 2.45) is 5.92 Å². The summed E-state index contributed by atoms with van der Waals surface area (Å²) in [6.07, 6.45) is 1.71. The molecule has 12 heteroatoms. The normalized spacial score (nSPS) is 29.8. The molecule has 6 unspecified atom stereocenters. The minimum atomic E-state index is -3.70. The zero-order valence-corrected chi connectivity index (χ0v) is 27.4. The van der Waals surface area contributed by atoms with Gasteiger partial charge in [-0.05, 0) is 44.6 Å². The van der Waals surface area contributed by atoms with Crippen LogP contribution >= 0.6 is 28.6 Å². The predicted octanol–water partition coefficient (Wildman–Crippen LogP) is 4.53. The molecule has 0 bridgehead atoms. The summed E-state index contributed by atoms with van der Waals surface area (Å²) in [4.78, 5) is 24.0. The average Bonchev–Trinajstić information content (AvgIpc) is 3.65. The van der Waals surface area contributed by atoms with Gasteiger partial charge in [0.15, 0.2) is 9.84 Å². The molecule has 2 fully saturated rings. The lowest BCUT2D eigenvalue weighted by Crippen LogP contribution is -2.60. The molecule has 1 aliphatic heterocycles. The molecule has 0 radical (unpaired) electrons. The van der Waals surface area contributed by atoms with Gasteiger partial charge in [-0.2, -0.15) is 0 Å². The van der Waals surface area contributed by atoms with E-state index in [-0.39, 0.29) is 41.7 Å². The van der Waals surface area contributed by atoms with Crippen molar-refractivity contribution in [3.05, 3.63) is 47.5 Å². The first-order valence-electron chi connectivity index (χ1n) is 13.8. The summed E-state index contributed by atoms with van der Waals surface area (Å²) < 4.78 is 44.2. The van der Waals surface area contributed by atoms with E-state index in [4.69, 9.17) is 25.8 Å². The highest BCUT2D eigenvalue weighted by Crippen LogP contribution is 2.56. The molecule has 232 valence electrons. The number of nitrogens with one attached hydrogen (secondary N) is 1. The molecule has 2 N–H and O–H groups in total. The van der Waals surface area contributed by atoms with Crippen LogP contribution in [0.5, 0.6) is 0 Å². The number of amides is 2. The van der Waals surface area contributed by atoms with Gasteiger partial charge < -0.3 is 19.3 Å². The van der Waals surface area contributed by atoms with Crippen LogP contribution in [-0.4, -0.2) is 79.5 Å². The number of carbonyl (C=O) groups is 2. The zero-order valence-electron chi connectivity index (χ0n) is 24.1. The summed E-state index contributed by atoms with van der Waals surface area (Å²) in [5, 5.41) is 14.2. The number of alkyl carbamates (subject to hydrolysis) is 1. The van der Waals surface area contributed by atoms with Gasteiger partial charge in [0.05, 0.1) is 29.3 Å². The van der Waals surface area contributed by atoms with Crippen molar-refractivity contribution < 1.29 is 37.3 Å². The summed E-state index contributed by atoms with van der Waals surface area (Å²) in [5.41, 5.74) is -0.374. The van der Waals surface area contributed by atoms with Crippen LogP contribution in [0.2, 0.25) is 0 Å². The highest BCUT2D eigenvalue weighted by Gasteiger charge is 2.67. The van der Waals surface area contributed by atoms with Gasteiger partial charge in [-0.1, -0.05) is 55.8 Å². The molecule has 0 aromatic heterocycles. The number of alkyl halides is 1. The number of hydrogen-bond donors (Lipinski definition) is 2. The molecule has 6 atom stereocenters. The van der Waals surface area contributed by atoms with Crippen molar-refractivity contribution in [2.75, 3.05) is 24.5 Å². The molecule has 41 heavy (non-hydrogen) atoms. The molecule has 1 aromatic rings. The van der Waals surface area contributed by atoms with Crippen LogP contribution < -0.4 is 5.32 Å². The number of aryl methyl sites for hydroxylation is 1. The molecule has 2 aliphatic rings. The van der Waals surface area contributed by atoms with Crippen molar-refractivity contribution in [3.8, 4) is 0 Å². The smallest absolute Gasteiger partial charge is 0.414 e. The molecule has 1 saturated heterocycles. The van der Waals surface area contributed by atoms with Crippen molar-refractivity contribution in [3.63, 3.8) is 0 Å². The van der Waals surface area contributed by atoms with E-state index in [1.807, 2.05) is 44.2 Å². The maximum Gasteiger partial charge on any atom is 0.414 e. The first-order valence-corrected chi connectivity index (χ1v) is 16.2. The lowest BCUT2D eigenvalue weighted by molar-refractivity contribution is -0.152. The number of halogens is 2. The zero-order chi connectivity index (χ0) is 29.6. The standard InChI is InChI=1S/C29H42ClNO8S.BrH/c1-5-20(3)12-13-25-29(6-2,39-25)24-16-22(38-27(33)31-26(32)18-30)23(37-4)17-28(24,34)19-40(35,36)15-14-21-10-8-7-9-11-21;/h7-12,22-25,34H,5-6,13-19H2,1-4H3,(H,31,32,33);1H. The van der Waals surface area contributed by atoms with Crippen molar-refractivity contribution in [1.29, 1.82) is 0 Å². The van der Waals surface area contributed by atoms with Gasteiger partial charge in [-0.15, -0.1) is 28.6 Å². The number of rotatable bonds is 13. The van der Waals surface area contributed by atoms with E-state index in [2.05, 4.69) is 18.3 Å². The minimum Gasteiger partial charge on any atom is -0.443 e. The lowest BCUT2D eigenvalue weighted by atomic mass is 9.65. The Bertz CT molecular complexity index is 1170. The van der Waals surface area contributed by atoms with Gasteiger partial charge in [-0.3, -0.25) is 10.1 Å². The Hall–Kier alpha value is -1.50. The summed E-state index contributed by atoms with van der Waals surface area (Å²) in [7, 11) is -2.29. The minimum absolute atomic E-state index is 0. The molecule has 1 saturated carbocycles. The fraction of sp³-hybridized carbons (Fsp3) is 0.655. The second-order valence-corrected chi connectivity index (χ2v) is 13.3. The Morgan fingerprint density at radius 1 is 1.22 bits per heavy atom. The topological polar surface area (TPSA) is 132 Å². The molecule has 0 spiro atoms. The maximum absolute atomic E-state index is 13.4. The van der Waals surface area contributed by atoms with E-state index in [1.54, 1.807) is 0 Å². The second-order valence-electron chi connectivity index (χ2n) is 10.9. The summed E-state index contributed by atoms with van der Waals surface area (Å²) in [5.74, 6) is -2.36. The van der Waals surface area contributed by atoms with Gasteiger partial charge in [0.1, 0.15) is 17.6 Å². The maximum atomic E-state index is 13.4. The largest absolute Gasteiger partial charge is 0.443 e. The van der Waals surface area contributed by atoms with Gasteiger partial charge in [0.2, 0.25) is 5.91 Å². The van der Waals surface area contributed by atoms with Gasteiger partial charge in [-0.25, -0.2) is 13.2 Å². The molecule has 1 aromatic carbocycles. The van der Waals surface area contributed by atoms with E-state index in [0.29, 0.717) is 19.3 Å². The molecular formula is C29H43BrClNO8S. The lowest BCUT2D eigenvalue weighted by Gasteiger charge is -2.48. The fourth-order valence-corrected chi connectivity index (χ4v) is 7.72. The quantitative estimate of drug-likeness (QED) is 0.177. The number of benzene rings is 1. The van der Waals surface area contributed by atoms with Crippen LogP contribution in [-0.2, 0) is 35.3 Å². The molecule has 2 amide bonds. The summed E-state index contributed by atoms with van der Waals surface area (Å²) in [6, 6.07) is 9.33. The molecule has 1 aliphatic carbocycles. The third-order valence-corrected chi connectivity index (χ3v) is 10.3. The van der Waals surface area contributed by atoms with E-state index in [0.717, 1.165) is 12.0 Å². The number of allylic oxidation sites excluding steroid dienone is 1. The first-order chi connectivity index (χ1) is 18.9. The summed E-state index contributed by atoms with van der Waals surface area (Å²) >= 11 is 5.49. The number of ether oxygens (including phenoxy) is 3. The van der Waals surface area contributed by atoms with Crippen LogP contribution in [0.1, 0.15) is 58.4 Å². The van der Waals surface area contributed by atoms with Gasteiger partial charge in [0, 0.05) is 19.4 Å². The monoisotopic (exact) mass is 679 g/mol. The SMILES string of the molecule is Br.CCC(C)=CCC1OC1(CC)C1CC(OC(=O)NC(=O)CCl)C(OC)CC1(O)CS(=O)(=O)CCc1ccccc1. The van der Waals surface area contributed by atoms with E-state index in [9.17, 15) is 23.1 Å². The molecule has 1 heterocycles. The number of aliphatic hydroxyl groups is 1. The van der Waals surface area contributed by atoms with Crippen LogP contribution in [0, 0.1) is 5.92 Å². The third-order valence-electron chi connectivity index (χ3n) is 8.25. The number of methoxy groups -OCH3 is 1. The first kappa shape index (κ1) is 35.7. The molecule has 9 nitrogen and oxygen atoms in total. The average molecular weight is 681 g/mol. The Balaban J connectivity index is 0.00000588. The van der Waals surface area contributed by atoms with Crippen molar-refractivity contribution >= 4 is 50.4 Å². The third kappa shape index (κ3) is 9.24. The Morgan fingerprint density at radius 3 is 2.49 bits per heavy atom. The number of carbonyl (C=O) groups excluding carboxylic acids is 2. The van der Waals surface area contributed by atoms with Gasteiger partial charge >= 0.3 is 6.09 Å². The van der Waals surface area contributed by atoms with Crippen molar-refractivity contribution in [2.45, 2.75) is 88.8 Å². The van der Waals surface area contributed by atoms with E-state index >= 15 is 0 Å². The predicted molar refractivity (Wildman–Crippen MR) is 163 cm³/mol. The fourth-order valence-electron chi connectivity index (χ4n) is 5.88. The van der Waals surface area contributed by atoms with Crippen molar-refractivity contribution in [1.82, 2.24) is 5.32 Å². The van der Waals surface area contributed by atoms with Crippen LogP contribution in [0.3, 0.4) is 0 Å². The van der Waals surface area contributed by atoms with E-state index in [1.165, 1.54) is 12.7 Å².